The normalized spacial score (nSPS) is 16.1. The van der Waals surface area contributed by atoms with Crippen LogP contribution in [0.1, 0.15) is 31.1 Å². The molecule has 0 amide bonds. The Labute approximate surface area is 153 Å². The van der Waals surface area contributed by atoms with Crippen molar-refractivity contribution in [3.8, 4) is 11.3 Å². The topological polar surface area (TPSA) is 55.2 Å². The van der Waals surface area contributed by atoms with Crippen molar-refractivity contribution in [3.05, 3.63) is 71.9 Å². The zero-order valence-corrected chi connectivity index (χ0v) is 15.6. The fraction of sp³-hybridized carbons (Fsp3) is 0.250. The second kappa shape index (κ2) is 6.37. The molecule has 3 aromatic rings. The monoisotopic (exact) mass is 367 g/mol. The lowest BCUT2D eigenvalue weighted by molar-refractivity contribution is 0.410. The van der Waals surface area contributed by atoms with Crippen LogP contribution in [-0.4, -0.2) is 22.5 Å². The molecule has 1 aliphatic rings. The highest BCUT2D eigenvalue weighted by Crippen LogP contribution is 2.32. The molecule has 0 unspecified atom stereocenters. The molecule has 26 heavy (non-hydrogen) atoms. The minimum Gasteiger partial charge on any atom is -0.262 e. The van der Waals surface area contributed by atoms with Crippen LogP contribution in [0, 0.1) is 0 Å². The van der Waals surface area contributed by atoms with Crippen molar-refractivity contribution in [2.75, 3.05) is 0 Å². The minimum absolute atomic E-state index is 0.186. The molecule has 0 N–H and O–H groups in total. The molecule has 2 aromatic carbocycles. The predicted octanol–water partition coefficient (Wildman–Crippen LogP) is 3.84. The van der Waals surface area contributed by atoms with Gasteiger partial charge in [-0.2, -0.15) is 9.40 Å². The van der Waals surface area contributed by atoms with Gasteiger partial charge in [-0.15, -0.1) is 0 Å². The molecule has 0 saturated carbocycles. The lowest BCUT2D eigenvalue weighted by atomic mass is 10.1. The van der Waals surface area contributed by atoms with Crippen molar-refractivity contribution in [2.24, 2.45) is 0 Å². The SMILES string of the molecule is CC(C)n1nc(CN2Cc3ccccc3S2(=O)=O)cc1-c1ccccc1. The molecule has 0 aliphatic carbocycles. The van der Waals surface area contributed by atoms with Crippen molar-refractivity contribution >= 4 is 10.0 Å². The van der Waals surface area contributed by atoms with Gasteiger partial charge in [0.1, 0.15) is 0 Å². The molecule has 0 radical (unpaired) electrons. The summed E-state index contributed by atoms with van der Waals surface area (Å²) in [6, 6.07) is 19.4. The van der Waals surface area contributed by atoms with Crippen LogP contribution >= 0.6 is 0 Å². The molecule has 2 heterocycles. The maximum absolute atomic E-state index is 12.8. The van der Waals surface area contributed by atoms with Crippen molar-refractivity contribution in [2.45, 2.75) is 37.9 Å². The Balaban J connectivity index is 1.68. The van der Waals surface area contributed by atoms with E-state index in [0.29, 0.717) is 11.4 Å². The third kappa shape index (κ3) is 2.85. The van der Waals surface area contributed by atoms with Gasteiger partial charge in [0.15, 0.2) is 0 Å². The van der Waals surface area contributed by atoms with Gasteiger partial charge >= 0.3 is 0 Å². The van der Waals surface area contributed by atoms with Gasteiger partial charge in [-0.1, -0.05) is 48.5 Å². The van der Waals surface area contributed by atoms with Gasteiger partial charge in [0.2, 0.25) is 10.0 Å². The average Bonchev–Trinajstić information content (AvgIpc) is 3.16. The molecule has 0 saturated heterocycles. The highest BCUT2D eigenvalue weighted by atomic mass is 32.2. The summed E-state index contributed by atoms with van der Waals surface area (Å²) >= 11 is 0. The second-order valence-electron chi connectivity index (χ2n) is 6.81. The molecule has 0 bridgehead atoms. The molecule has 0 atom stereocenters. The molecule has 1 aliphatic heterocycles. The van der Waals surface area contributed by atoms with Crippen LogP contribution in [0.2, 0.25) is 0 Å². The van der Waals surface area contributed by atoms with E-state index >= 15 is 0 Å². The first-order valence-corrected chi connectivity index (χ1v) is 10.1. The number of sulfonamides is 1. The van der Waals surface area contributed by atoms with Crippen molar-refractivity contribution in [1.82, 2.24) is 14.1 Å². The smallest absolute Gasteiger partial charge is 0.244 e. The fourth-order valence-corrected chi connectivity index (χ4v) is 4.97. The van der Waals surface area contributed by atoms with E-state index in [0.717, 1.165) is 22.5 Å². The Hall–Kier alpha value is -2.44. The van der Waals surface area contributed by atoms with E-state index in [-0.39, 0.29) is 12.6 Å². The first-order chi connectivity index (χ1) is 12.5. The average molecular weight is 367 g/mol. The van der Waals surface area contributed by atoms with Gasteiger partial charge in [-0.25, -0.2) is 8.42 Å². The minimum atomic E-state index is -3.45. The summed E-state index contributed by atoms with van der Waals surface area (Å²) < 4.78 is 29.0. The first-order valence-electron chi connectivity index (χ1n) is 8.69. The zero-order chi connectivity index (χ0) is 18.3. The molecule has 134 valence electrons. The van der Waals surface area contributed by atoms with Crippen LogP contribution in [0.4, 0.5) is 0 Å². The Morgan fingerprint density at radius 2 is 1.73 bits per heavy atom. The van der Waals surface area contributed by atoms with E-state index in [1.54, 1.807) is 12.1 Å². The van der Waals surface area contributed by atoms with Crippen molar-refractivity contribution in [1.29, 1.82) is 0 Å². The number of hydrogen-bond donors (Lipinski definition) is 0. The van der Waals surface area contributed by atoms with Crippen molar-refractivity contribution in [3.63, 3.8) is 0 Å². The zero-order valence-electron chi connectivity index (χ0n) is 14.8. The second-order valence-corrected chi connectivity index (χ2v) is 8.71. The van der Waals surface area contributed by atoms with E-state index < -0.39 is 10.0 Å². The highest BCUT2D eigenvalue weighted by molar-refractivity contribution is 7.89. The number of fused-ring (bicyclic) bond motifs is 1. The fourth-order valence-electron chi connectivity index (χ4n) is 3.36. The largest absolute Gasteiger partial charge is 0.262 e. The van der Waals surface area contributed by atoms with E-state index in [9.17, 15) is 8.42 Å². The standard InChI is InChI=1S/C20H21N3O2S/c1-15(2)23-19(16-8-4-3-5-9-16)12-18(21-23)14-22-13-17-10-6-7-11-20(17)26(22,24)25/h3-12,15H,13-14H2,1-2H3. The molecular formula is C20H21N3O2S. The van der Waals surface area contributed by atoms with Crippen LogP contribution < -0.4 is 0 Å². The predicted molar refractivity (Wildman–Crippen MR) is 101 cm³/mol. The van der Waals surface area contributed by atoms with Gasteiger partial charge in [-0.05, 0) is 37.1 Å². The molecular weight excluding hydrogens is 346 g/mol. The summed E-state index contributed by atoms with van der Waals surface area (Å²) in [5.41, 5.74) is 3.69. The van der Waals surface area contributed by atoms with Gasteiger partial charge in [-0.3, -0.25) is 4.68 Å². The van der Waals surface area contributed by atoms with E-state index in [1.165, 1.54) is 4.31 Å². The van der Waals surface area contributed by atoms with Crippen LogP contribution in [0.3, 0.4) is 0 Å². The first kappa shape index (κ1) is 17.0. The Morgan fingerprint density at radius 1 is 1.04 bits per heavy atom. The molecule has 4 rings (SSSR count). The molecule has 6 heteroatoms. The number of benzene rings is 2. The summed E-state index contributed by atoms with van der Waals surface area (Å²) in [6.07, 6.45) is 0. The third-order valence-corrected chi connectivity index (χ3v) is 6.51. The van der Waals surface area contributed by atoms with Crippen LogP contribution in [0.15, 0.2) is 65.6 Å². The highest BCUT2D eigenvalue weighted by Gasteiger charge is 2.34. The van der Waals surface area contributed by atoms with E-state index in [4.69, 9.17) is 0 Å². The quantitative estimate of drug-likeness (QED) is 0.704. The Kier molecular flexibility index (Phi) is 4.17. The Bertz CT molecular complexity index is 1040. The number of nitrogens with zero attached hydrogens (tertiary/aromatic N) is 3. The lowest BCUT2D eigenvalue weighted by Gasteiger charge is -2.13. The lowest BCUT2D eigenvalue weighted by Crippen LogP contribution is -2.24. The van der Waals surface area contributed by atoms with Gasteiger partial charge in [0, 0.05) is 12.6 Å². The van der Waals surface area contributed by atoms with Gasteiger partial charge in [0.05, 0.1) is 22.8 Å². The van der Waals surface area contributed by atoms with E-state index in [1.807, 2.05) is 53.2 Å². The number of rotatable bonds is 4. The third-order valence-electron chi connectivity index (χ3n) is 4.62. The summed E-state index contributed by atoms with van der Waals surface area (Å²) in [6.45, 7) is 4.82. The number of hydrogen-bond acceptors (Lipinski definition) is 3. The van der Waals surface area contributed by atoms with Gasteiger partial charge < -0.3 is 0 Å². The van der Waals surface area contributed by atoms with Crippen LogP contribution in [0.25, 0.3) is 11.3 Å². The summed E-state index contributed by atoms with van der Waals surface area (Å²) in [7, 11) is -3.45. The summed E-state index contributed by atoms with van der Waals surface area (Å²) in [5.74, 6) is 0. The van der Waals surface area contributed by atoms with Crippen molar-refractivity contribution < 1.29 is 8.42 Å². The maximum Gasteiger partial charge on any atom is 0.244 e. The molecule has 1 aromatic heterocycles. The molecule has 5 nitrogen and oxygen atoms in total. The van der Waals surface area contributed by atoms with Gasteiger partial charge in [0.25, 0.3) is 0 Å². The maximum atomic E-state index is 12.8. The molecule has 0 fully saturated rings. The Morgan fingerprint density at radius 3 is 2.42 bits per heavy atom. The van der Waals surface area contributed by atoms with Crippen LogP contribution in [-0.2, 0) is 23.1 Å². The summed E-state index contributed by atoms with van der Waals surface area (Å²) in [5, 5.41) is 4.69. The summed E-state index contributed by atoms with van der Waals surface area (Å²) in [4.78, 5) is 0.409. The van der Waals surface area contributed by atoms with E-state index in [2.05, 4.69) is 18.9 Å². The molecule has 0 spiro atoms. The number of aromatic nitrogens is 2. The van der Waals surface area contributed by atoms with Crippen LogP contribution in [0.5, 0.6) is 0 Å².